The molecule has 5 nitrogen and oxygen atoms in total. The molecule has 6 heteroatoms. The number of amides is 1. The Morgan fingerprint density at radius 1 is 1.56 bits per heavy atom. The van der Waals surface area contributed by atoms with Crippen molar-refractivity contribution >= 4 is 23.5 Å². The molecule has 0 bridgehead atoms. The molecule has 0 saturated carbocycles. The molecule has 0 aromatic heterocycles. The molecule has 0 aromatic carbocycles. The zero-order valence-electron chi connectivity index (χ0n) is 8.67. The van der Waals surface area contributed by atoms with Crippen molar-refractivity contribution in [1.29, 1.82) is 0 Å². The number of aliphatic hydroxyl groups is 1. The second-order valence-electron chi connectivity index (χ2n) is 3.72. The summed E-state index contributed by atoms with van der Waals surface area (Å²) in [6, 6.07) is -1.01. The average molecular weight is 248 g/mol. The van der Waals surface area contributed by atoms with Crippen LogP contribution in [0, 0.1) is 5.92 Å². The van der Waals surface area contributed by atoms with Gasteiger partial charge in [0.2, 0.25) is 5.91 Å². The molecule has 1 aliphatic rings. The summed E-state index contributed by atoms with van der Waals surface area (Å²) in [4.78, 5) is 23.6. The van der Waals surface area contributed by atoms with Crippen molar-refractivity contribution in [3.8, 4) is 0 Å². The van der Waals surface area contributed by atoms with Gasteiger partial charge in [-0.05, 0) is 6.42 Å². The van der Waals surface area contributed by atoms with Gasteiger partial charge in [0.1, 0.15) is 11.9 Å². The lowest BCUT2D eigenvalue weighted by atomic mass is 9.94. The fourth-order valence-electron chi connectivity index (χ4n) is 2.02. The van der Waals surface area contributed by atoms with Gasteiger partial charge in [0.05, 0.1) is 6.10 Å². The fourth-order valence-corrected chi connectivity index (χ4v) is 2.17. The van der Waals surface area contributed by atoms with Gasteiger partial charge >= 0.3 is 5.97 Å². The maximum atomic E-state index is 11.4. The summed E-state index contributed by atoms with van der Waals surface area (Å²) >= 11 is 5.39. The first-order chi connectivity index (χ1) is 7.52. The Kier molecular flexibility index (Phi) is 4.32. The maximum absolute atomic E-state index is 11.4. The van der Waals surface area contributed by atoms with Crippen molar-refractivity contribution < 1.29 is 19.8 Å². The van der Waals surface area contributed by atoms with E-state index < -0.39 is 29.9 Å². The molecule has 0 aromatic rings. The lowest BCUT2D eigenvalue weighted by molar-refractivity contribution is -0.148. The number of nitrogens with zero attached hydrogens (tertiary/aromatic N) is 1. The molecule has 1 amide bonds. The van der Waals surface area contributed by atoms with Crippen LogP contribution in [0.25, 0.3) is 0 Å². The Hall–Kier alpha value is -1.07. The van der Waals surface area contributed by atoms with Crippen molar-refractivity contribution in [2.75, 3.05) is 12.4 Å². The zero-order valence-corrected chi connectivity index (χ0v) is 9.43. The molecule has 1 fully saturated rings. The fraction of sp³-hybridized carbons (Fsp3) is 0.600. The SMILES string of the molecule is C=CCC1C(O)CN(C(=O)CCl)C1C(=O)O. The third-order valence-electron chi connectivity index (χ3n) is 2.75. The summed E-state index contributed by atoms with van der Waals surface area (Å²) in [6.45, 7) is 3.52. The van der Waals surface area contributed by atoms with E-state index >= 15 is 0 Å². The van der Waals surface area contributed by atoms with E-state index in [1.807, 2.05) is 0 Å². The molecule has 2 N–H and O–H groups in total. The van der Waals surface area contributed by atoms with Crippen LogP contribution in [0.15, 0.2) is 12.7 Å². The van der Waals surface area contributed by atoms with E-state index in [2.05, 4.69) is 6.58 Å². The Bertz CT molecular complexity index is 307. The van der Waals surface area contributed by atoms with E-state index in [1.54, 1.807) is 6.08 Å². The number of aliphatic hydroxyl groups excluding tert-OH is 1. The molecular weight excluding hydrogens is 234 g/mol. The van der Waals surface area contributed by atoms with E-state index in [0.29, 0.717) is 6.42 Å². The van der Waals surface area contributed by atoms with Crippen LogP contribution in [0.3, 0.4) is 0 Å². The van der Waals surface area contributed by atoms with Gasteiger partial charge in [-0.3, -0.25) is 4.79 Å². The summed E-state index contributed by atoms with van der Waals surface area (Å²) in [5.41, 5.74) is 0. The molecule has 16 heavy (non-hydrogen) atoms. The van der Waals surface area contributed by atoms with Gasteiger partial charge in [0, 0.05) is 12.5 Å². The van der Waals surface area contributed by atoms with Gasteiger partial charge in [0.25, 0.3) is 0 Å². The first kappa shape index (κ1) is 13.0. The standard InChI is InChI=1S/C10H14ClNO4/c1-2-3-6-7(13)5-12(8(14)4-11)9(6)10(15)16/h2,6-7,9,13H,1,3-5H2,(H,15,16). The number of hydrogen-bond acceptors (Lipinski definition) is 3. The number of alkyl halides is 1. The highest BCUT2D eigenvalue weighted by atomic mass is 35.5. The van der Waals surface area contributed by atoms with Crippen LogP contribution in [0.4, 0.5) is 0 Å². The van der Waals surface area contributed by atoms with Crippen molar-refractivity contribution in [2.45, 2.75) is 18.6 Å². The number of halogens is 1. The van der Waals surface area contributed by atoms with Crippen LogP contribution in [-0.4, -0.2) is 51.6 Å². The van der Waals surface area contributed by atoms with Gasteiger partial charge in [0.15, 0.2) is 0 Å². The topological polar surface area (TPSA) is 77.8 Å². The molecule has 1 saturated heterocycles. The minimum atomic E-state index is -1.12. The van der Waals surface area contributed by atoms with Crippen LogP contribution in [0.2, 0.25) is 0 Å². The van der Waals surface area contributed by atoms with E-state index in [4.69, 9.17) is 16.7 Å². The molecule has 1 aliphatic heterocycles. The zero-order chi connectivity index (χ0) is 12.3. The first-order valence-electron chi connectivity index (χ1n) is 4.90. The minimum Gasteiger partial charge on any atom is -0.480 e. The molecule has 1 rings (SSSR count). The van der Waals surface area contributed by atoms with Crippen LogP contribution < -0.4 is 0 Å². The second-order valence-corrected chi connectivity index (χ2v) is 3.99. The number of hydrogen-bond donors (Lipinski definition) is 2. The van der Waals surface area contributed by atoms with Gasteiger partial charge in [-0.2, -0.15) is 0 Å². The quantitative estimate of drug-likeness (QED) is 0.545. The van der Waals surface area contributed by atoms with Gasteiger partial charge in [-0.25, -0.2) is 4.79 Å². The normalized spacial score (nSPS) is 29.1. The summed E-state index contributed by atoms with van der Waals surface area (Å²) in [5, 5.41) is 18.8. The van der Waals surface area contributed by atoms with Crippen LogP contribution in [0.1, 0.15) is 6.42 Å². The van der Waals surface area contributed by atoms with Gasteiger partial charge in [-0.1, -0.05) is 6.08 Å². The number of carboxylic acid groups (broad SMARTS) is 1. The van der Waals surface area contributed by atoms with Gasteiger partial charge in [-0.15, -0.1) is 18.2 Å². The number of aliphatic carboxylic acids is 1. The number of allylic oxidation sites excluding steroid dienone is 1. The molecule has 3 unspecified atom stereocenters. The smallest absolute Gasteiger partial charge is 0.326 e. The monoisotopic (exact) mass is 247 g/mol. The van der Waals surface area contributed by atoms with Crippen LogP contribution >= 0.6 is 11.6 Å². The van der Waals surface area contributed by atoms with Crippen LogP contribution in [0.5, 0.6) is 0 Å². The lowest BCUT2D eigenvalue weighted by Crippen LogP contribution is -2.43. The molecule has 90 valence electrons. The van der Waals surface area contributed by atoms with Gasteiger partial charge < -0.3 is 15.1 Å². The van der Waals surface area contributed by atoms with E-state index in [1.165, 1.54) is 0 Å². The Morgan fingerprint density at radius 2 is 2.19 bits per heavy atom. The number of rotatable bonds is 4. The lowest BCUT2D eigenvalue weighted by Gasteiger charge is -2.23. The van der Waals surface area contributed by atoms with E-state index in [9.17, 15) is 14.7 Å². The molecule has 0 radical (unpaired) electrons. The highest BCUT2D eigenvalue weighted by molar-refractivity contribution is 6.27. The molecule has 3 atom stereocenters. The number of likely N-dealkylation sites (tertiary alicyclic amines) is 1. The van der Waals surface area contributed by atoms with Crippen molar-refractivity contribution in [2.24, 2.45) is 5.92 Å². The largest absolute Gasteiger partial charge is 0.480 e. The molecular formula is C10H14ClNO4. The third-order valence-corrected chi connectivity index (χ3v) is 2.97. The Balaban J connectivity index is 2.92. The summed E-state index contributed by atoms with van der Waals surface area (Å²) in [7, 11) is 0. The molecule has 1 heterocycles. The van der Waals surface area contributed by atoms with Crippen molar-refractivity contribution in [3.63, 3.8) is 0 Å². The predicted octanol–water partition coefficient (Wildman–Crippen LogP) is 0.0738. The second kappa shape index (κ2) is 5.32. The van der Waals surface area contributed by atoms with Crippen molar-refractivity contribution in [1.82, 2.24) is 4.90 Å². The summed E-state index contributed by atoms with van der Waals surface area (Å²) in [5.74, 6) is -2.39. The van der Waals surface area contributed by atoms with E-state index in [0.717, 1.165) is 4.90 Å². The highest BCUT2D eigenvalue weighted by Crippen LogP contribution is 2.28. The average Bonchev–Trinajstić information content (AvgIpc) is 2.56. The molecule has 0 aliphatic carbocycles. The van der Waals surface area contributed by atoms with Crippen molar-refractivity contribution in [3.05, 3.63) is 12.7 Å². The first-order valence-corrected chi connectivity index (χ1v) is 5.43. The Labute approximate surface area is 98.3 Å². The maximum Gasteiger partial charge on any atom is 0.326 e. The number of β-amino-alcohol motifs (C(OH)–C–C–N with tert-alkyl or cyclic N) is 1. The van der Waals surface area contributed by atoms with E-state index in [-0.39, 0.29) is 12.4 Å². The number of carboxylic acids is 1. The molecule has 0 spiro atoms. The summed E-state index contributed by atoms with van der Waals surface area (Å²) in [6.07, 6.45) is 1.05. The van der Waals surface area contributed by atoms with Crippen LogP contribution in [-0.2, 0) is 9.59 Å². The number of carbonyl (C=O) groups is 2. The third kappa shape index (κ3) is 2.36. The minimum absolute atomic E-state index is 0.0149. The number of carbonyl (C=O) groups excluding carboxylic acids is 1. The Morgan fingerprint density at radius 3 is 2.62 bits per heavy atom. The highest BCUT2D eigenvalue weighted by Gasteiger charge is 2.46. The predicted molar refractivity (Wildman–Crippen MR) is 58.2 cm³/mol. The summed E-state index contributed by atoms with van der Waals surface area (Å²) < 4.78 is 0.